The van der Waals surface area contributed by atoms with E-state index in [1.807, 2.05) is 0 Å². The third kappa shape index (κ3) is 2.56. The van der Waals surface area contributed by atoms with E-state index in [4.69, 9.17) is 10.5 Å². The minimum absolute atomic E-state index is 0.209. The van der Waals surface area contributed by atoms with Crippen molar-refractivity contribution in [2.24, 2.45) is 11.7 Å². The summed E-state index contributed by atoms with van der Waals surface area (Å²) >= 11 is 0. The van der Waals surface area contributed by atoms with Crippen molar-refractivity contribution >= 4 is 0 Å². The molecule has 2 N–H and O–H groups in total. The van der Waals surface area contributed by atoms with Gasteiger partial charge in [0.05, 0.1) is 0 Å². The fourth-order valence-electron chi connectivity index (χ4n) is 2.00. The van der Waals surface area contributed by atoms with Gasteiger partial charge in [-0.15, -0.1) is 0 Å². The lowest BCUT2D eigenvalue weighted by Crippen LogP contribution is -2.30. The number of hydrogen-bond acceptors (Lipinski definition) is 2. The molecule has 0 amide bonds. The first-order valence-electron chi connectivity index (χ1n) is 6.04. The predicted octanol–water partition coefficient (Wildman–Crippen LogP) is 2.73. The van der Waals surface area contributed by atoms with Crippen molar-refractivity contribution < 1.29 is 4.74 Å². The highest BCUT2D eigenvalue weighted by Gasteiger charge is 2.28. The Labute approximate surface area is 97.8 Å². The van der Waals surface area contributed by atoms with E-state index in [1.165, 1.54) is 29.5 Å². The summed E-state index contributed by atoms with van der Waals surface area (Å²) in [6, 6.07) is 4.49. The number of nitrogens with two attached hydrogens (primary N) is 1. The number of benzene rings is 1. The smallest absolute Gasteiger partial charge is 0.122 e. The third-order valence-corrected chi connectivity index (χ3v) is 3.42. The van der Waals surface area contributed by atoms with Gasteiger partial charge in [0.25, 0.3) is 0 Å². The Morgan fingerprint density at radius 2 is 2.00 bits per heavy atom. The molecule has 1 unspecified atom stereocenters. The van der Waals surface area contributed by atoms with Crippen LogP contribution in [0.4, 0.5) is 0 Å². The van der Waals surface area contributed by atoms with E-state index in [0.29, 0.717) is 12.5 Å². The quantitative estimate of drug-likeness (QED) is 0.845. The number of aryl methyl sites for hydroxylation is 2. The number of hydrogen-bond donors (Lipinski definition) is 1. The second kappa shape index (κ2) is 4.46. The molecule has 2 rings (SSSR count). The van der Waals surface area contributed by atoms with Gasteiger partial charge < -0.3 is 10.5 Å². The molecular weight excluding hydrogens is 198 g/mol. The van der Waals surface area contributed by atoms with Gasteiger partial charge in [-0.25, -0.2) is 0 Å². The van der Waals surface area contributed by atoms with Gasteiger partial charge >= 0.3 is 0 Å². The molecule has 1 aliphatic carbocycles. The van der Waals surface area contributed by atoms with E-state index < -0.39 is 0 Å². The molecule has 1 saturated carbocycles. The summed E-state index contributed by atoms with van der Waals surface area (Å²) in [5.41, 5.74) is 9.79. The minimum atomic E-state index is 0.209. The molecule has 0 bridgehead atoms. The van der Waals surface area contributed by atoms with Gasteiger partial charge in [-0.05, 0) is 62.3 Å². The maximum Gasteiger partial charge on any atom is 0.122 e. The van der Waals surface area contributed by atoms with Gasteiger partial charge in [0.1, 0.15) is 12.4 Å². The van der Waals surface area contributed by atoms with Gasteiger partial charge in [0.2, 0.25) is 0 Å². The van der Waals surface area contributed by atoms with Crippen molar-refractivity contribution in [2.45, 2.75) is 39.7 Å². The summed E-state index contributed by atoms with van der Waals surface area (Å²) in [7, 11) is 0. The van der Waals surface area contributed by atoms with E-state index in [0.717, 1.165) is 5.75 Å². The summed E-state index contributed by atoms with van der Waals surface area (Å²) in [5.74, 6) is 1.69. The van der Waals surface area contributed by atoms with Crippen molar-refractivity contribution in [3.8, 4) is 5.75 Å². The molecule has 2 heteroatoms. The number of ether oxygens (including phenoxy) is 1. The van der Waals surface area contributed by atoms with Gasteiger partial charge in [-0.1, -0.05) is 6.07 Å². The first kappa shape index (κ1) is 11.5. The van der Waals surface area contributed by atoms with Crippen LogP contribution in [0.25, 0.3) is 0 Å². The summed E-state index contributed by atoms with van der Waals surface area (Å²) in [6.07, 6.45) is 2.55. The van der Waals surface area contributed by atoms with E-state index in [2.05, 4.69) is 32.9 Å². The fourth-order valence-corrected chi connectivity index (χ4v) is 2.00. The van der Waals surface area contributed by atoms with Crippen LogP contribution in [-0.4, -0.2) is 12.6 Å². The zero-order valence-electron chi connectivity index (χ0n) is 10.4. The maximum absolute atomic E-state index is 6.03. The lowest BCUT2D eigenvalue weighted by molar-refractivity contribution is 0.274. The predicted molar refractivity (Wildman–Crippen MR) is 66.8 cm³/mol. The zero-order valence-corrected chi connectivity index (χ0v) is 10.4. The fraction of sp³-hybridized carbons (Fsp3) is 0.571. The molecule has 1 atom stereocenters. The molecule has 0 aliphatic heterocycles. The van der Waals surface area contributed by atoms with E-state index in [1.54, 1.807) is 0 Å². The second-order valence-corrected chi connectivity index (χ2v) is 5.02. The molecule has 1 fully saturated rings. The van der Waals surface area contributed by atoms with Gasteiger partial charge in [0, 0.05) is 6.04 Å². The topological polar surface area (TPSA) is 35.2 Å². The summed E-state index contributed by atoms with van der Waals surface area (Å²) in [4.78, 5) is 0. The first-order chi connectivity index (χ1) is 7.58. The van der Waals surface area contributed by atoms with Crippen LogP contribution in [0.1, 0.15) is 29.5 Å². The van der Waals surface area contributed by atoms with Crippen LogP contribution in [0.15, 0.2) is 12.1 Å². The molecule has 0 heterocycles. The normalized spacial score (nSPS) is 17.2. The molecule has 0 radical (unpaired) electrons. The summed E-state index contributed by atoms with van der Waals surface area (Å²) in [6.45, 7) is 6.97. The van der Waals surface area contributed by atoms with Crippen molar-refractivity contribution in [2.75, 3.05) is 6.61 Å². The van der Waals surface area contributed by atoms with Gasteiger partial charge in [-0.2, -0.15) is 0 Å². The SMILES string of the molecule is Cc1cc(C)c(C)c(OCC(N)C2CC2)c1. The highest BCUT2D eigenvalue weighted by atomic mass is 16.5. The molecule has 88 valence electrons. The molecule has 2 nitrogen and oxygen atoms in total. The lowest BCUT2D eigenvalue weighted by Gasteiger charge is -2.15. The van der Waals surface area contributed by atoms with E-state index >= 15 is 0 Å². The Hall–Kier alpha value is -1.02. The maximum atomic E-state index is 6.03. The molecule has 1 aromatic carbocycles. The highest BCUT2D eigenvalue weighted by molar-refractivity contribution is 5.41. The van der Waals surface area contributed by atoms with E-state index in [-0.39, 0.29) is 6.04 Å². The van der Waals surface area contributed by atoms with E-state index in [9.17, 15) is 0 Å². The average molecular weight is 219 g/mol. The highest BCUT2D eigenvalue weighted by Crippen LogP contribution is 2.32. The standard InChI is InChI=1S/C14H21NO/c1-9-6-10(2)11(3)14(7-9)16-8-13(15)12-4-5-12/h6-7,12-13H,4-5,8,15H2,1-3H3. The van der Waals surface area contributed by atoms with Crippen molar-refractivity contribution in [1.82, 2.24) is 0 Å². The van der Waals surface area contributed by atoms with Crippen molar-refractivity contribution in [3.05, 3.63) is 28.8 Å². The monoisotopic (exact) mass is 219 g/mol. The first-order valence-corrected chi connectivity index (χ1v) is 6.04. The largest absolute Gasteiger partial charge is 0.492 e. The van der Waals surface area contributed by atoms with Crippen LogP contribution in [0, 0.1) is 26.7 Å². The third-order valence-electron chi connectivity index (χ3n) is 3.42. The molecular formula is C14H21NO. The van der Waals surface area contributed by atoms with Gasteiger partial charge in [0.15, 0.2) is 0 Å². The van der Waals surface area contributed by atoms with Crippen LogP contribution < -0.4 is 10.5 Å². The van der Waals surface area contributed by atoms with Crippen LogP contribution in [0.2, 0.25) is 0 Å². The summed E-state index contributed by atoms with van der Waals surface area (Å²) in [5, 5.41) is 0. The van der Waals surface area contributed by atoms with Crippen molar-refractivity contribution in [1.29, 1.82) is 0 Å². The summed E-state index contributed by atoms with van der Waals surface area (Å²) < 4.78 is 5.84. The molecule has 1 aromatic rings. The van der Waals surface area contributed by atoms with Crippen LogP contribution in [0.3, 0.4) is 0 Å². The Balaban J connectivity index is 2.02. The van der Waals surface area contributed by atoms with Gasteiger partial charge in [-0.3, -0.25) is 0 Å². The Morgan fingerprint density at radius 3 is 2.62 bits per heavy atom. The molecule has 16 heavy (non-hydrogen) atoms. The minimum Gasteiger partial charge on any atom is -0.492 e. The Morgan fingerprint density at radius 1 is 1.31 bits per heavy atom. The Bertz CT molecular complexity index is 383. The average Bonchev–Trinajstić information content (AvgIpc) is 3.04. The Kier molecular flexibility index (Phi) is 3.20. The molecule has 0 aromatic heterocycles. The molecule has 1 aliphatic rings. The number of rotatable bonds is 4. The zero-order chi connectivity index (χ0) is 11.7. The second-order valence-electron chi connectivity index (χ2n) is 5.02. The lowest BCUT2D eigenvalue weighted by atomic mass is 10.1. The molecule has 0 saturated heterocycles. The molecule has 0 spiro atoms. The van der Waals surface area contributed by atoms with Crippen LogP contribution in [0.5, 0.6) is 5.75 Å². The van der Waals surface area contributed by atoms with Crippen LogP contribution >= 0.6 is 0 Å². The van der Waals surface area contributed by atoms with Crippen LogP contribution in [-0.2, 0) is 0 Å². The van der Waals surface area contributed by atoms with Crippen molar-refractivity contribution in [3.63, 3.8) is 0 Å².